The van der Waals surface area contributed by atoms with Gasteiger partial charge in [0.2, 0.25) is 0 Å². The SMILES string of the molecule is CCCCCCCCCCCCCCCCCC(=O)OC(CO)CO.ClC1C(Cl)C(Cl)C(Cl)C(Cl)C1Cl. The van der Waals surface area contributed by atoms with Gasteiger partial charge in [-0.25, -0.2) is 0 Å². The zero-order valence-electron chi connectivity index (χ0n) is 22.2. The van der Waals surface area contributed by atoms with Gasteiger partial charge in [-0.1, -0.05) is 96.8 Å². The summed E-state index contributed by atoms with van der Waals surface area (Å²) in [5.41, 5.74) is 0. The Bertz CT molecular complexity index is 482. The minimum absolute atomic E-state index is 0.317. The number of halogens is 6. The van der Waals surface area contributed by atoms with E-state index >= 15 is 0 Å². The third-order valence-electron chi connectivity index (χ3n) is 6.52. The van der Waals surface area contributed by atoms with Crippen molar-refractivity contribution in [3.05, 3.63) is 0 Å². The first kappa shape index (κ1) is 38.1. The summed E-state index contributed by atoms with van der Waals surface area (Å²) in [5, 5.41) is 15.1. The van der Waals surface area contributed by atoms with Gasteiger partial charge in [-0.15, -0.1) is 69.6 Å². The van der Waals surface area contributed by atoms with Crippen molar-refractivity contribution in [1.29, 1.82) is 0 Å². The number of ether oxygens (including phenoxy) is 1. The van der Waals surface area contributed by atoms with E-state index in [-0.39, 0.29) is 19.2 Å². The van der Waals surface area contributed by atoms with E-state index in [1.54, 1.807) is 0 Å². The second-order valence-corrected chi connectivity index (χ2v) is 12.9. The van der Waals surface area contributed by atoms with Gasteiger partial charge in [0.25, 0.3) is 0 Å². The number of unbranched alkanes of at least 4 members (excludes halogenated alkanes) is 14. The van der Waals surface area contributed by atoms with E-state index in [9.17, 15) is 4.79 Å². The van der Waals surface area contributed by atoms with Crippen LogP contribution in [0.5, 0.6) is 0 Å². The van der Waals surface area contributed by atoms with E-state index in [0.29, 0.717) is 6.42 Å². The smallest absolute Gasteiger partial charge is 0.306 e. The molecule has 0 aromatic carbocycles. The lowest BCUT2D eigenvalue weighted by Crippen LogP contribution is -2.52. The molecule has 0 saturated heterocycles. The first-order chi connectivity index (χ1) is 17.7. The monoisotopic (exact) mass is 646 g/mol. The molecule has 0 aliphatic heterocycles. The average Bonchev–Trinajstić information content (AvgIpc) is 2.90. The van der Waals surface area contributed by atoms with Crippen molar-refractivity contribution in [2.45, 2.75) is 148 Å². The normalized spacial score (nSPS) is 25.6. The molecular weight excluding hydrogens is 601 g/mol. The van der Waals surface area contributed by atoms with Crippen LogP contribution in [0, 0.1) is 0 Å². The number of aliphatic hydroxyl groups is 2. The van der Waals surface area contributed by atoms with Crippen LogP contribution in [0.1, 0.15) is 110 Å². The van der Waals surface area contributed by atoms with Gasteiger partial charge in [0.1, 0.15) is 6.10 Å². The van der Waals surface area contributed by atoms with E-state index in [0.717, 1.165) is 12.8 Å². The highest BCUT2D eigenvalue weighted by Crippen LogP contribution is 2.39. The first-order valence-electron chi connectivity index (χ1n) is 14.0. The highest BCUT2D eigenvalue weighted by atomic mass is 35.5. The molecule has 0 spiro atoms. The average molecular weight is 649 g/mol. The third kappa shape index (κ3) is 18.2. The molecule has 1 aliphatic carbocycles. The Morgan fingerprint density at radius 2 is 0.838 bits per heavy atom. The van der Waals surface area contributed by atoms with Gasteiger partial charge in [-0.3, -0.25) is 4.79 Å². The van der Waals surface area contributed by atoms with Crippen LogP contribution in [-0.4, -0.2) is 67.8 Å². The fourth-order valence-electron chi connectivity index (χ4n) is 4.07. The summed E-state index contributed by atoms with van der Waals surface area (Å²) in [6, 6.07) is 0. The molecule has 1 rings (SSSR count). The number of rotatable bonds is 19. The summed E-state index contributed by atoms with van der Waals surface area (Å²) in [4.78, 5) is 11.5. The van der Waals surface area contributed by atoms with Gasteiger partial charge in [0.15, 0.2) is 0 Å². The van der Waals surface area contributed by atoms with E-state index < -0.39 is 38.4 Å². The van der Waals surface area contributed by atoms with Gasteiger partial charge in [-0.2, -0.15) is 0 Å². The first-order valence-corrected chi connectivity index (χ1v) is 16.6. The molecule has 222 valence electrons. The molecular formula is C27H48Cl6O4. The minimum atomic E-state index is -0.760. The Morgan fingerprint density at radius 3 is 1.11 bits per heavy atom. The van der Waals surface area contributed by atoms with Gasteiger partial charge >= 0.3 is 5.97 Å². The lowest BCUT2D eigenvalue weighted by molar-refractivity contribution is -0.153. The maximum absolute atomic E-state index is 11.5. The summed E-state index contributed by atoms with van der Waals surface area (Å²) >= 11 is 35.3. The van der Waals surface area contributed by atoms with Crippen molar-refractivity contribution in [1.82, 2.24) is 0 Å². The maximum Gasteiger partial charge on any atom is 0.306 e. The summed E-state index contributed by atoms with van der Waals surface area (Å²) in [6.45, 7) is 1.63. The van der Waals surface area contributed by atoms with E-state index in [4.69, 9.17) is 84.6 Å². The zero-order valence-corrected chi connectivity index (χ0v) is 26.8. The minimum Gasteiger partial charge on any atom is -0.457 e. The van der Waals surface area contributed by atoms with Crippen molar-refractivity contribution >= 4 is 75.6 Å². The molecule has 1 fully saturated rings. The number of esters is 1. The molecule has 0 aromatic rings. The molecule has 0 atom stereocenters. The van der Waals surface area contributed by atoms with Gasteiger partial charge in [0.05, 0.1) is 45.5 Å². The standard InChI is InChI=1S/C21H42O4.C6H6Cl6/c1-2-3-4-5-6-7-8-9-10-11-12-13-14-15-16-17-21(24)25-20(18-22)19-23;7-1-2(8)4(10)6(12)5(11)3(1)9/h20,22-23H,2-19H2,1H3;1-6H. The van der Waals surface area contributed by atoms with Gasteiger partial charge in [-0.05, 0) is 6.42 Å². The van der Waals surface area contributed by atoms with Crippen molar-refractivity contribution in [3.8, 4) is 0 Å². The van der Waals surface area contributed by atoms with Crippen LogP contribution in [0.25, 0.3) is 0 Å². The second-order valence-electron chi connectivity index (χ2n) is 9.84. The van der Waals surface area contributed by atoms with Crippen LogP contribution in [0.4, 0.5) is 0 Å². The number of hydrogen-bond donors (Lipinski definition) is 2. The molecule has 0 unspecified atom stereocenters. The largest absolute Gasteiger partial charge is 0.457 e. The van der Waals surface area contributed by atoms with E-state index in [1.807, 2.05) is 0 Å². The highest BCUT2D eigenvalue weighted by Gasteiger charge is 2.46. The molecule has 0 amide bonds. The van der Waals surface area contributed by atoms with Crippen molar-refractivity contribution in [2.24, 2.45) is 0 Å². The molecule has 1 aliphatic rings. The topological polar surface area (TPSA) is 66.8 Å². The molecule has 0 aromatic heterocycles. The molecule has 0 bridgehead atoms. The number of aliphatic hydroxyl groups excluding tert-OH is 2. The zero-order chi connectivity index (χ0) is 28.1. The Hall–Kier alpha value is 1.13. The lowest BCUT2D eigenvalue weighted by atomic mass is 9.97. The van der Waals surface area contributed by atoms with Crippen LogP contribution in [-0.2, 0) is 9.53 Å². The summed E-state index contributed by atoms with van der Waals surface area (Å²) in [7, 11) is 0. The maximum atomic E-state index is 11.5. The molecule has 4 nitrogen and oxygen atoms in total. The van der Waals surface area contributed by atoms with Crippen molar-refractivity contribution in [2.75, 3.05) is 13.2 Å². The Labute approximate surface area is 255 Å². The second kappa shape index (κ2) is 24.9. The molecule has 0 heterocycles. The Morgan fingerprint density at radius 1 is 0.568 bits per heavy atom. The van der Waals surface area contributed by atoms with Crippen LogP contribution in [0.3, 0.4) is 0 Å². The number of hydrogen-bond acceptors (Lipinski definition) is 4. The fourth-order valence-corrected chi connectivity index (χ4v) is 6.40. The molecule has 2 N–H and O–H groups in total. The number of carbonyl (C=O) groups excluding carboxylic acids is 1. The predicted octanol–water partition coefficient (Wildman–Crippen LogP) is 8.79. The van der Waals surface area contributed by atoms with Crippen LogP contribution in [0.2, 0.25) is 0 Å². The summed E-state index contributed by atoms with van der Waals surface area (Å²) in [5.74, 6) is -0.317. The molecule has 0 radical (unpaired) electrons. The summed E-state index contributed by atoms with van der Waals surface area (Å²) < 4.78 is 4.93. The Kier molecular flexibility index (Phi) is 25.6. The van der Waals surface area contributed by atoms with Crippen LogP contribution < -0.4 is 0 Å². The number of alkyl halides is 6. The molecule has 1 saturated carbocycles. The van der Waals surface area contributed by atoms with E-state index in [2.05, 4.69) is 6.92 Å². The quantitative estimate of drug-likeness (QED) is 0.0835. The third-order valence-corrected chi connectivity index (χ3v) is 10.5. The van der Waals surface area contributed by atoms with Crippen LogP contribution in [0.15, 0.2) is 0 Å². The Balaban J connectivity index is 0.000000893. The fraction of sp³-hybridized carbons (Fsp3) is 0.963. The summed E-state index contributed by atoms with van der Waals surface area (Å²) in [6.07, 6.45) is 19.1. The lowest BCUT2D eigenvalue weighted by Gasteiger charge is -2.37. The highest BCUT2D eigenvalue weighted by molar-refractivity contribution is 6.45. The van der Waals surface area contributed by atoms with Gasteiger partial charge in [0, 0.05) is 6.42 Å². The van der Waals surface area contributed by atoms with E-state index in [1.165, 1.54) is 83.5 Å². The van der Waals surface area contributed by atoms with Crippen molar-refractivity contribution in [3.63, 3.8) is 0 Å². The molecule has 10 heteroatoms. The molecule has 37 heavy (non-hydrogen) atoms. The number of carbonyl (C=O) groups is 1. The van der Waals surface area contributed by atoms with Gasteiger partial charge < -0.3 is 14.9 Å². The van der Waals surface area contributed by atoms with Crippen LogP contribution >= 0.6 is 69.6 Å². The van der Waals surface area contributed by atoms with Crippen molar-refractivity contribution < 1.29 is 19.7 Å². The predicted molar refractivity (Wildman–Crippen MR) is 161 cm³/mol.